The van der Waals surface area contributed by atoms with Gasteiger partial charge in [-0.2, -0.15) is 0 Å². The maximum atomic E-state index is 11.3. The Balaban J connectivity index is 2.13. The average Bonchev–Trinajstić information content (AvgIpc) is 2.29. The van der Waals surface area contributed by atoms with Gasteiger partial charge in [0.1, 0.15) is 0 Å². The lowest BCUT2D eigenvalue weighted by molar-refractivity contribution is 0.438. The highest BCUT2D eigenvalue weighted by atomic mass is 32.2. The molecule has 0 saturated carbocycles. The lowest BCUT2D eigenvalue weighted by atomic mass is 9.99. The molecule has 0 aliphatic carbocycles. The summed E-state index contributed by atoms with van der Waals surface area (Å²) in [5.74, 6) is 0.807. The number of rotatable bonds is 2. The lowest BCUT2D eigenvalue weighted by Crippen LogP contribution is -2.32. The highest BCUT2D eigenvalue weighted by Crippen LogP contribution is 2.23. The molecule has 0 amide bonds. The van der Waals surface area contributed by atoms with Crippen molar-refractivity contribution >= 4 is 15.5 Å². The summed E-state index contributed by atoms with van der Waals surface area (Å²) >= 11 is 0. The van der Waals surface area contributed by atoms with Crippen LogP contribution < -0.4 is 4.90 Å². The predicted molar refractivity (Wildman–Crippen MR) is 70.2 cm³/mol. The summed E-state index contributed by atoms with van der Waals surface area (Å²) in [6.45, 7) is 4.42. The van der Waals surface area contributed by atoms with Crippen LogP contribution in [0.1, 0.15) is 19.8 Å². The molecule has 1 heterocycles. The average molecular weight is 253 g/mol. The smallest absolute Gasteiger partial charge is 0.175 e. The van der Waals surface area contributed by atoms with E-state index in [1.54, 1.807) is 12.1 Å². The fraction of sp³-hybridized carbons (Fsp3) is 0.538. The van der Waals surface area contributed by atoms with Crippen LogP contribution in [0.25, 0.3) is 0 Å². The molecule has 3 nitrogen and oxygen atoms in total. The Hall–Kier alpha value is -1.03. The van der Waals surface area contributed by atoms with Gasteiger partial charge in [0.25, 0.3) is 0 Å². The van der Waals surface area contributed by atoms with E-state index in [1.807, 2.05) is 12.1 Å². The van der Waals surface area contributed by atoms with Gasteiger partial charge in [0.15, 0.2) is 9.84 Å². The SMILES string of the molecule is CC1CCN(c2ccc(S(C)(=O)=O)cc2)CC1. The van der Waals surface area contributed by atoms with Crippen molar-refractivity contribution in [2.24, 2.45) is 5.92 Å². The van der Waals surface area contributed by atoms with Gasteiger partial charge in [-0.05, 0) is 43.0 Å². The summed E-state index contributed by atoms with van der Waals surface area (Å²) in [5.41, 5.74) is 1.13. The maximum absolute atomic E-state index is 11.3. The molecule has 1 saturated heterocycles. The van der Waals surface area contributed by atoms with Crippen LogP contribution in [0.3, 0.4) is 0 Å². The molecule has 94 valence electrons. The van der Waals surface area contributed by atoms with Gasteiger partial charge in [-0.25, -0.2) is 8.42 Å². The second-order valence-corrected chi connectivity index (χ2v) is 6.95. The van der Waals surface area contributed by atoms with Crippen molar-refractivity contribution in [2.45, 2.75) is 24.7 Å². The second kappa shape index (κ2) is 4.69. The van der Waals surface area contributed by atoms with E-state index in [1.165, 1.54) is 19.1 Å². The molecule has 1 aliphatic rings. The first-order chi connectivity index (χ1) is 7.97. The largest absolute Gasteiger partial charge is 0.372 e. The Labute approximate surface area is 103 Å². The standard InChI is InChI=1S/C13H19NO2S/c1-11-7-9-14(10-8-11)12-3-5-13(6-4-12)17(2,15)16/h3-6,11H,7-10H2,1-2H3. The normalized spacial score (nSPS) is 18.4. The molecule has 1 aromatic carbocycles. The highest BCUT2D eigenvalue weighted by molar-refractivity contribution is 7.90. The number of piperidine rings is 1. The van der Waals surface area contributed by atoms with Crippen molar-refractivity contribution in [3.63, 3.8) is 0 Å². The van der Waals surface area contributed by atoms with E-state index < -0.39 is 9.84 Å². The Bertz CT molecular complexity index is 471. The molecule has 17 heavy (non-hydrogen) atoms. The molecule has 0 atom stereocenters. The van der Waals surface area contributed by atoms with Crippen LogP contribution in [0.15, 0.2) is 29.2 Å². The minimum Gasteiger partial charge on any atom is -0.372 e. The fourth-order valence-electron chi connectivity index (χ4n) is 2.17. The van der Waals surface area contributed by atoms with E-state index in [4.69, 9.17) is 0 Å². The third-order valence-corrected chi connectivity index (χ3v) is 4.54. The Morgan fingerprint density at radius 3 is 2.12 bits per heavy atom. The van der Waals surface area contributed by atoms with Crippen molar-refractivity contribution in [2.75, 3.05) is 24.2 Å². The van der Waals surface area contributed by atoms with Gasteiger partial charge >= 0.3 is 0 Å². The highest BCUT2D eigenvalue weighted by Gasteiger charge is 2.16. The van der Waals surface area contributed by atoms with Crippen LogP contribution >= 0.6 is 0 Å². The molecule has 1 fully saturated rings. The van der Waals surface area contributed by atoms with E-state index in [-0.39, 0.29) is 0 Å². The number of sulfone groups is 1. The summed E-state index contributed by atoms with van der Waals surface area (Å²) in [6.07, 6.45) is 3.67. The van der Waals surface area contributed by atoms with Gasteiger partial charge in [-0.1, -0.05) is 6.92 Å². The molecule has 0 N–H and O–H groups in total. The van der Waals surface area contributed by atoms with Crippen molar-refractivity contribution in [1.29, 1.82) is 0 Å². The molecule has 0 bridgehead atoms. The Kier molecular flexibility index (Phi) is 3.43. The van der Waals surface area contributed by atoms with Gasteiger partial charge in [0, 0.05) is 25.0 Å². The first-order valence-electron chi connectivity index (χ1n) is 6.02. The third kappa shape index (κ3) is 3.00. The maximum Gasteiger partial charge on any atom is 0.175 e. The molecular weight excluding hydrogens is 234 g/mol. The molecule has 0 radical (unpaired) electrons. The summed E-state index contributed by atoms with van der Waals surface area (Å²) in [7, 11) is -3.08. The first-order valence-corrected chi connectivity index (χ1v) is 7.91. The predicted octanol–water partition coefficient (Wildman–Crippen LogP) is 2.33. The number of hydrogen-bond acceptors (Lipinski definition) is 3. The van der Waals surface area contributed by atoms with Gasteiger partial charge < -0.3 is 4.90 Å². The van der Waals surface area contributed by atoms with Gasteiger partial charge in [0.2, 0.25) is 0 Å². The number of nitrogens with zero attached hydrogens (tertiary/aromatic N) is 1. The van der Waals surface area contributed by atoms with E-state index in [2.05, 4.69) is 11.8 Å². The van der Waals surface area contributed by atoms with Crippen LogP contribution in [-0.4, -0.2) is 27.8 Å². The van der Waals surface area contributed by atoms with Crippen molar-refractivity contribution < 1.29 is 8.42 Å². The second-order valence-electron chi connectivity index (χ2n) is 4.94. The molecule has 0 aromatic heterocycles. The van der Waals surface area contributed by atoms with Gasteiger partial charge in [-0.3, -0.25) is 0 Å². The molecule has 1 aliphatic heterocycles. The van der Waals surface area contributed by atoms with E-state index in [9.17, 15) is 8.42 Å². The van der Waals surface area contributed by atoms with Crippen LogP contribution in [0, 0.1) is 5.92 Å². The zero-order chi connectivity index (χ0) is 12.5. The molecular formula is C13H19NO2S. The summed E-state index contributed by atoms with van der Waals surface area (Å²) in [5, 5.41) is 0. The quantitative estimate of drug-likeness (QED) is 0.811. The van der Waals surface area contributed by atoms with E-state index in [0.29, 0.717) is 4.90 Å². The first kappa shape index (κ1) is 12.4. The third-order valence-electron chi connectivity index (χ3n) is 3.41. The minimum atomic E-state index is -3.08. The molecule has 2 rings (SSSR count). The summed E-state index contributed by atoms with van der Waals surface area (Å²) < 4.78 is 22.7. The molecule has 0 spiro atoms. The molecule has 0 unspecified atom stereocenters. The monoisotopic (exact) mass is 253 g/mol. The van der Waals surface area contributed by atoms with Crippen LogP contribution in [-0.2, 0) is 9.84 Å². The lowest BCUT2D eigenvalue weighted by Gasteiger charge is -2.32. The summed E-state index contributed by atoms with van der Waals surface area (Å²) in [4.78, 5) is 2.72. The number of hydrogen-bond donors (Lipinski definition) is 0. The van der Waals surface area contributed by atoms with E-state index >= 15 is 0 Å². The minimum absolute atomic E-state index is 0.395. The van der Waals surface area contributed by atoms with Crippen molar-refractivity contribution in [3.05, 3.63) is 24.3 Å². The Morgan fingerprint density at radius 2 is 1.65 bits per heavy atom. The number of anilines is 1. The van der Waals surface area contributed by atoms with Crippen LogP contribution in [0.5, 0.6) is 0 Å². The fourth-order valence-corrected chi connectivity index (χ4v) is 2.80. The summed E-state index contributed by atoms with van der Waals surface area (Å²) in [6, 6.07) is 7.21. The molecule has 4 heteroatoms. The Morgan fingerprint density at radius 1 is 1.12 bits per heavy atom. The van der Waals surface area contributed by atoms with Gasteiger partial charge in [0.05, 0.1) is 4.90 Å². The van der Waals surface area contributed by atoms with Crippen molar-refractivity contribution in [3.8, 4) is 0 Å². The van der Waals surface area contributed by atoms with E-state index in [0.717, 1.165) is 24.7 Å². The zero-order valence-electron chi connectivity index (χ0n) is 10.4. The van der Waals surface area contributed by atoms with Gasteiger partial charge in [-0.15, -0.1) is 0 Å². The topological polar surface area (TPSA) is 37.4 Å². The number of benzene rings is 1. The van der Waals surface area contributed by atoms with Crippen molar-refractivity contribution in [1.82, 2.24) is 0 Å². The van der Waals surface area contributed by atoms with Crippen LogP contribution in [0.2, 0.25) is 0 Å². The zero-order valence-corrected chi connectivity index (χ0v) is 11.2. The van der Waals surface area contributed by atoms with Crippen LogP contribution in [0.4, 0.5) is 5.69 Å². The molecule has 1 aromatic rings.